The van der Waals surface area contributed by atoms with Gasteiger partial charge in [0.15, 0.2) is 0 Å². The van der Waals surface area contributed by atoms with Gasteiger partial charge in [-0.2, -0.15) is 0 Å². The summed E-state index contributed by atoms with van der Waals surface area (Å²) in [5, 5.41) is 0. The highest BCUT2D eigenvalue weighted by Crippen LogP contribution is 2.55. The summed E-state index contributed by atoms with van der Waals surface area (Å²) in [5.41, 5.74) is 1.50. The minimum absolute atomic E-state index is 0.749. The first-order valence-corrected chi connectivity index (χ1v) is 11.7. The van der Waals surface area contributed by atoms with Gasteiger partial charge < -0.3 is 14.7 Å². The number of hydrogen-bond acceptors (Lipinski definition) is 3. The van der Waals surface area contributed by atoms with Crippen LogP contribution in [0.15, 0.2) is 0 Å². The van der Waals surface area contributed by atoms with Gasteiger partial charge in [-0.15, -0.1) is 0 Å². The van der Waals surface area contributed by atoms with Gasteiger partial charge in [0.05, 0.1) is 0 Å². The maximum atomic E-state index is 2.89. The van der Waals surface area contributed by atoms with Gasteiger partial charge in [0.1, 0.15) is 0 Å². The molecular formula is C23H41N3. The van der Waals surface area contributed by atoms with E-state index in [1.165, 1.54) is 103 Å². The van der Waals surface area contributed by atoms with Crippen LogP contribution < -0.4 is 0 Å². The fourth-order valence-electron chi connectivity index (χ4n) is 7.06. The van der Waals surface area contributed by atoms with E-state index in [0.29, 0.717) is 0 Å². The molecule has 2 aliphatic carbocycles. The van der Waals surface area contributed by atoms with Gasteiger partial charge in [0, 0.05) is 12.1 Å². The van der Waals surface area contributed by atoms with Crippen molar-refractivity contribution in [3.63, 3.8) is 0 Å². The smallest absolute Gasteiger partial charge is 0.0106 e. The van der Waals surface area contributed by atoms with E-state index in [-0.39, 0.29) is 0 Å². The Labute approximate surface area is 161 Å². The molecule has 3 heteroatoms. The maximum Gasteiger partial charge on any atom is 0.0106 e. The van der Waals surface area contributed by atoms with Crippen LogP contribution in [0.25, 0.3) is 0 Å². The average Bonchev–Trinajstić information content (AvgIpc) is 2.60. The molecule has 0 bridgehead atoms. The molecule has 0 atom stereocenters. The first-order valence-electron chi connectivity index (χ1n) is 11.7. The molecule has 148 valence electrons. The summed E-state index contributed by atoms with van der Waals surface area (Å²) in [7, 11) is 2.30. The van der Waals surface area contributed by atoms with Gasteiger partial charge in [0.25, 0.3) is 0 Å². The number of nitrogens with zero attached hydrogens (tertiary/aromatic N) is 3. The normalized spacial score (nSPS) is 36.9. The number of hydrogen-bond donors (Lipinski definition) is 0. The number of likely N-dealkylation sites (tertiary alicyclic amines) is 3. The Balaban J connectivity index is 1.05. The average molecular weight is 360 g/mol. The van der Waals surface area contributed by atoms with E-state index >= 15 is 0 Å². The molecular weight excluding hydrogens is 318 g/mol. The molecule has 0 unspecified atom stereocenters. The van der Waals surface area contributed by atoms with Crippen molar-refractivity contribution in [1.82, 2.24) is 14.7 Å². The third kappa shape index (κ3) is 3.26. The number of piperidine rings is 3. The molecule has 5 fully saturated rings. The number of rotatable bonds is 2. The molecule has 0 radical (unpaired) electrons. The Morgan fingerprint density at radius 2 is 1.04 bits per heavy atom. The molecule has 3 aliphatic heterocycles. The van der Waals surface area contributed by atoms with Crippen molar-refractivity contribution in [1.29, 1.82) is 0 Å². The van der Waals surface area contributed by atoms with Crippen molar-refractivity contribution in [3.8, 4) is 0 Å². The monoisotopic (exact) mass is 359 g/mol. The summed E-state index contributed by atoms with van der Waals surface area (Å²) in [6.07, 6.45) is 14.9. The first kappa shape index (κ1) is 17.9. The van der Waals surface area contributed by atoms with Crippen LogP contribution >= 0.6 is 0 Å². The second-order valence-corrected chi connectivity index (χ2v) is 11.2. The van der Waals surface area contributed by atoms with Gasteiger partial charge in [-0.3, -0.25) is 0 Å². The molecule has 0 amide bonds. The van der Waals surface area contributed by atoms with Gasteiger partial charge in [0.2, 0.25) is 0 Å². The van der Waals surface area contributed by atoms with Gasteiger partial charge in [-0.1, -0.05) is 6.92 Å². The highest BCUT2D eigenvalue weighted by molar-refractivity contribution is 5.05. The molecule has 0 aromatic heterocycles. The van der Waals surface area contributed by atoms with Gasteiger partial charge in [-0.25, -0.2) is 0 Å². The Kier molecular flexibility index (Phi) is 4.65. The van der Waals surface area contributed by atoms with E-state index in [0.717, 1.165) is 28.8 Å². The Hall–Kier alpha value is -0.120. The summed E-state index contributed by atoms with van der Waals surface area (Å²) in [4.78, 5) is 8.26. The molecule has 0 aromatic rings. The molecule has 5 aliphatic rings. The fourth-order valence-corrected chi connectivity index (χ4v) is 7.06. The van der Waals surface area contributed by atoms with E-state index in [1.54, 1.807) is 0 Å². The second-order valence-electron chi connectivity index (χ2n) is 11.2. The molecule has 2 saturated carbocycles. The lowest BCUT2D eigenvalue weighted by molar-refractivity contribution is -0.0897. The summed E-state index contributed by atoms with van der Waals surface area (Å²) in [6, 6.07) is 1.88. The topological polar surface area (TPSA) is 9.72 Å². The van der Waals surface area contributed by atoms with E-state index in [2.05, 4.69) is 28.7 Å². The highest BCUT2D eigenvalue weighted by Gasteiger charge is 2.51. The molecule has 2 spiro atoms. The van der Waals surface area contributed by atoms with Crippen molar-refractivity contribution in [2.24, 2.45) is 16.7 Å². The minimum Gasteiger partial charge on any atom is -0.306 e. The summed E-state index contributed by atoms with van der Waals surface area (Å²) in [5.74, 6) is 0.971. The van der Waals surface area contributed by atoms with Crippen molar-refractivity contribution < 1.29 is 0 Å². The molecule has 3 heterocycles. The lowest BCUT2D eigenvalue weighted by atomic mass is 9.57. The maximum absolute atomic E-state index is 2.89. The van der Waals surface area contributed by atoms with E-state index in [1.807, 2.05) is 0 Å². The van der Waals surface area contributed by atoms with E-state index in [9.17, 15) is 0 Å². The predicted octanol–water partition coefficient (Wildman–Crippen LogP) is 3.84. The zero-order valence-corrected chi connectivity index (χ0v) is 17.4. The zero-order chi connectivity index (χ0) is 17.8. The predicted molar refractivity (Wildman–Crippen MR) is 108 cm³/mol. The van der Waals surface area contributed by atoms with Crippen molar-refractivity contribution in [3.05, 3.63) is 0 Å². The Morgan fingerprint density at radius 1 is 0.615 bits per heavy atom. The minimum atomic E-state index is 0.749. The van der Waals surface area contributed by atoms with Crippen LogP contribution in [0.5, 0.6) is 0 Å². The van der Waals surface area contributed by atoms with Crippen LogP contribution in [0.1, 0.15) is 71.1 Å². The zero-order valence-electron chi connectivity index (χ0n) is 17.4. The van der Waals surface area contributed by atoms with Gasteiger partial charge in [-0.05, 0) is 127 Å². The van der Waals surface area contributed by atoms with Crippen molar-refractivity contribution in [2.45, 2.75) is 83.2 Å². The summed E-state index contributed by atoms with van der Waals surface area (Å²) >= 11 is 0. The third-order valence-electron chi connectivity index (χ3n) is 9.43. The van der Waals surface area contributed by atoms with Crippen LogP contribution in [-0.4, -0.2) is 73.1 Å². The molecule has 26 heavy (non-hydrogen) atoms. The van der Waals surface area contributed by atoms with Crippen LogP contribution in [0.2, 0.25) is 0 Å². The standard InChI is InChI=1S/C23H41N3/c1-19-3-9-25(10-4-19)20-15-23(16-20)7-13-26(14-8-23)21-17-22(18-21)5-11-24(2)12-6-22/h19-21H,3-18H2,1-2H3. The van der Waals surface area contributed by atoms with Gasteiger partial charge >= 0.3 is 0 Å². The highest BCUT2D eigenvalue weighted by atomic mass is 15.2. The summed E-state index contributed by atoms with van der Waals surface area (Å²) < 4.78 is 0. The Bertz CT molecular complexity index is 478. The SMILES string of the molecule is CC1CCN(C2CC3(CCN(C4CC5(CCN(C)CC5)C4)CC3)C2)CC1. The molecule has 5 rings (SSSR count). The first-order chi connectivity index (χ1) is 12.5. The lowest BCUT2D eigenvalue weighted by Crippen LogP contribution is -2.60. The van der Waals surface area contributed by atoms with E-state index < -0.39 is 0 Å². The molecule has 0 N–H and O–H groups in total. The van der Waals surface area contributed by atoms with Crippen molar-refractivity contribution in [2.75, 3.05) is 46.3 Å². The largest absolute Gasteiger partial charge is 0.306 e. The molecule has 3 nitrogen and oxygen atoms in total. The third-order valence-corrected chi connectivity index (χ3v) is 9.43. The van der Waals surface area contributed by atoms with Crippen LogP contribution in [0.3, 0.4) is 0 Å². The van der Waals surface area contributed by atoms with E-state index in [4.69, 9.17) is 0 Å². The quantitative estimate of drug-likeness (QED) is 0.742. The molecule has 0 aromatic carbocycles. The van der Waals surface area contributed by atoms with Crippen molar-refractivity contribution >= 4 is 0 Å². The fraction of sp³-hybridized carbons (Fsp3) is 1.00. The summed E-state index contributed by atoms with van der Waals surface area (Å²) in [6.45, 7) is 10.7. The van der Waals surface area contributed by atoms with Crippen LogP contribution in [0, 0.1) is 16.7 Å². The lowest BCUT2D eigenvalue weighted by Gasteiger charge is -2.60. The second kappa shape index (κ2) is 6.74. The molecule has 3 saturated heterocycles. The van der Waals surface area contributed by atoms with Crippen LogP contribution in [-0.2, 0) is 0 Å². The Morgan fingerprint density at radius 3 is 1.54 bits per heavy atom. The van der Waals surface area contributed by atoms with Crippen LogP contribution in [0.4, 0.5) is 0 Å².